The minimum atomic E-state index is -2.79. The number of aromatic nitrogens is 6. The van der Waals surface area contributed by atoms with Gasteiger partial charge in [0.05, 0.1) is 0 Å². The van der Waals surface area contributed by atoms with Gasteiger partial charge in [0.25, 0.3) is 22.9 Å². The summed E-state index contributed by atoms with van der Waals surface area (Å²) >= 11 is 0. The average Bonchev–Trinajstić information content (AvgIpc) is 3.50. The van der Waals surface area contributed by atoms with Crippen LogP contribution in [0, 0.1) is 13.8 Å². The van der Waals surface area contributed by atoms with Crippen molar-refractivity contribution in [2.45, 2.75) is 84.5 Å². The Morgan fingerprint density at radius 3 is 1.59 bits per heavy atom. The first-order chi connectivity index (χ1) is 24.0. The fraction of sp³-hybridized carbons (Fsp3) is 0.394. The van der Waals surface area contributed by atoms with Crippen molar-refractivity contribution in [3.8, 4) is 0 Å². The molecule has 0 saturated heterocycles. The third kappa shape index (κ3) is 6.93. The summed E-state index contributed by atoms with van der Waals surface area (Å²) in [5, 5.41) is 11.4. The Kier molecular flexibility index (Phi) is 9.55. The van der Waals surface area contributed by atoms with Gasteiger partial charge in [0.15, 0.2) is 0 Å². The van der Waals surface area contributed by atoms with Gasteiger partial charge in [-0.1, -0.05) is 13.8 Å². The fourth-order valence-corrected chi connectivity index (χ4v) is 6.43. The molecule has 0 atom stereocenters. The van der Waals surface area contributed by atoms with Gasteiger partial charge in [0.2, 0.25) is 5.92 Å². The lowest BCUT2D eigenvalue weighted by Gasteiger charge is -2.38. The molecule has 0 unspecified atom stereocenters. The summed E-state index contributed by atoms with van der Waals surface area (Å²) < 4.78 is 30.1. The molecular formula is C33H40F2N12O4. The van der Waals surface area contributed by atoms with Gasteiger partial charge in [0.1, 0.15) is 70.0 Å². The van der Waals surface area contributed by atoms with Crippen molar-refractivity contribution in [1.82, 2.24) is 39.7 Å². The number of rotatable bonds is 4. The fourth-order valence-electron chi connectivity index (χ4n) is 6.43. The van der Waals surface area contributed by atoms with E-state index in [9.17, 15) is 28.0 Å². The number of nitrogens with zero attached hydrogens (tertiary/aromatic N) is 6. The number of alkyl halides is 2. The second-order valence-electron chi connectivity index (χ2n) is 12.7. The number of pyridine rings is 2. The highest BCUT2D eigenvalue weighted by molar-refractivity contribution is 5.97. The van der Waals surface area contributed by atoms with E-state index in [0.29, 0.717) is 40.0 Å². The summed E-state index contributed by atoms with van der Waals surface area (Å²) in [7, 11) is 0. The number of fused-ring (bicyclic) bond motifs is 3. The molecule has 18 heteroatoms. The van der Waals surface area contributed by atoms with Gasteiger partial charge < -0.3 is 32.7 Å². The zero-order valence-electron chi connectivity index (χ0n) is 29.0. The summed E-state index contributed by atoms with van der Waals surface area (Å²) in [5.41, 5.74) is 10.9. The SMILES string of the molecule is CC.Cc1cc(Nc2cc(N)ncn2)c(=O)n2c1C(=O)NC2(C)C.Cc1cc(Nc2cc(N)ncn2)c(=O)n2c1C(=O)NC21CCC(F)(F)CC1. The molecule has 2 amide bonds. The van der Waals surface area contributed by atoms with Crippen LogP contribution in [-0.4, -0.2) is 46.8 Å². The topological polar surface area (TPSA) is 230 Å². The summed E-state index contributed by atoms with van der Waals surface area (Å²) in [6.45, 7) is 11.0. The maximum Gasteiger partial charge on any atom is 0.276 e. The third-order valence-corrected chi connectivity index (χ3v) is 8.68. The molecule has 2 aliphatic heterocycles. The molecule has 1 aliphatic carbocycles. The molecule has 7 rings (SSSR count). The highest BCUT2D eigenvalue weighted by atomic mass is 19.3. The zero-order chi connectivity index (χ0) is 37.5. The van der Waals surface area contributed by atoms with Crippen LogP contribution in [-0.2, 0) is 11.3 Å². The van der Waals surface area contributed by atoms with Gasteiger partial charge in [0, 0.05) is 25.0 Å². The Morgan fingerprint density at radius 2 is 1.12 bits per heavy atom. The van der Waals surface area contributed by atoms with Crippen molar-refractivity contribution in [1.29, 1.82) is 0 Å². The first-order valence-corrected chi connectivity index (χ1v) is 16.3. The van der Waals surface area contributed by atoms with Crippen LogP contribution >= 0.6 is 0 Å². The number of halogens is 2. The predicted molar refractivity (Wildman–Crippen MR) is 187 cm³/mol. The largest absolute Gasteiger partial charge is 0.384 e. The number of nitrogen functional groups attached to an aromatic ring is 2. The molecular weight excluding hydrogens is 666 g/mol. The maximum absolute atomic E-state index is 13.7. The van der Waals surface area contributed by atoms with Gasteiger partial charge in [-0.15, -0.1) is 0 Å². The van der Waals surface area contributed by atoms with E-state index in [1.165, 1.54) is 33.9 Å². The molecule has 1 fully saturated rings. The summed E-state index contributed by atoms with van der Waals surface area (Å²) in [5.74, 6) is -2.20. The molecule has 0 bridgehead atoms. The molecule has 8 N–H and O–H groups in total. The van der Waals surface area contributed by atoms with Crippen LogP contribution in [0.1, 0.15) is 85.5 Å². The van der Waals surface area contributed by atoms with Crippen molar-refractivity contribution in [3.63, 3.8) is 0 Å². The predicted octanol–water partition coefficient (Wildman–Crippen LogP) is 3.61. The van der Waals surface area contributed by atoms with Crippen LogP contribution in [0.5, 0.6) is 0 Å². The van der Waals surface area contributed by atoms with E-state index in [1.54, 1.807) is 39.8 Å². The van der Waals surface area contributed by atoms with E-state index >= 15 is 0 Å². The molecule has 4 aromatic rings. The Labute approximate surface area is 291 Å². The number of hydrogen-bond acceptors (Lipinski definition) is 12. The van der Waals surface area contributed by atoms with Crippen molar-refractivity contribution >= 4 is 46.5 Å². The van der Waals surface area contributed by atoms with Gasteiger partial charge in [-0.05, 0) is 63.8 Å². The first kappa shape index (κ1) is 36.3. The summed E-state index contributed by atoms with van der Waals surface area (Å²) in [6.07, 6.45) is 1.76. The number of nitrogens with two attached hydrogens (primary N) is 2. The highest BCUT2D eigenvalue weighted by Crippen LogP contribution is 2.43. The number of carbonyl (C=O) groups is 2. The van der Waals surface area contributed by atoms with Crippen molar-refractivity contribution in [2.75, 3.05) is 22.1 Å². The zero-order valence-corrected chi connectivity index (χ0v) is 29.0. The second kappa shape index (κ2) is 13.4. The van der Waals surface area contributed by atoms with E-state index in [1.807, 2.05) is 13.8 Å². The Bertz CT molecular complexity index is 2140. The number of aryl methyl sites for hydroxylation is 2. The van der Waals surface area contributed by atoms with Crippen molar-refractivity contribution in [3.05, 3.63) is 80.1 Å². The summed E-state index contributed by atoms with van der Waals surface area (Å²) in [4.78, 5) is 65.9. The number of amides is 2. The lowest BCUT2D eigenvalue weighted by molar-refractivity contribution is -0.0667. The smallest absolute Gasteiger partial charge is 0.276 e. The average molecular weight is 707 g/mol. The normalized spacial score (nSPS) is 17.1. The number of nitrogens with one attached hydrogen (secondary N) is 4. The van der Waals surface area contributed by atoms with E-state index in [-0.39, 0.29) is 41.5 Å². The molecule has 6 heterocycles. The molecule has 0 aromatic carbocycles. The van der Waals surface area contributed by atoms with Gasteiger partial charge in [-0.2, -0.15) is 0 Å². The third-order valence-electron chi connectivity index (χ3n) is 8.68. The molecule has 3 aliphatic rings. The monoisotopic (exact) mass is 706 g/mol. The Balaban J connectivity index is 0.000000192. The quantitative estimate of drug-likeness (QED) is 0.179. The molecule has 0 radical (unpaired) electrons. The standard InChI is InChI=1S/C17H18F2N6O2.C14H16N6O2.C2H6/c1-9-6-10(23-12-7-11(20)21-8-22-12)15(27)25-13(9)14(26)24-17(25)4-2-16(18,19)3-5-17;1-7-4-8(18-10-5-9(15)16-6-17-10)13(22)20-11(7)12(21)19-14(20,2)3;1-2/h6-8H,2-5H2,1H3,(H,24,26)(H3,20,21,22,23);4-6H,1-3H3,(H,19,21)(H3,15,16,17,18);1-2H3. The molecule has 16 nitrogen and oxygen atoms in total. The second-order valence-corrected chi connectivity index (χ2v) is 12.7. The van der Waals surface area contributed by atoms with E-state index in [2.05, 4.69) is 41.2 Å². The van der Waals surface area contributed by atoms with Crippen molar-refractivity contribution in [2.24, 2.45) is 0 Å². The van der Waals surface area contributed by atoms with E-state index in [0.717, 1.165) is 0 Å². The molecule has 51 heavy (non-hydrogen) atoms. The lowest BCUT2D eigenvalue weighted by Crippen LogP contribution is -2.51. The number of carbonyl (C=O) groups excluding carboxylic acids is 2. The van der Waals surface area contributed by atoms with Crippen molar-refractivity contribution < 1.29 is 18.4 Å². The molecule has 1 saturated carbocycles. The molecule has 4 aromatic heterocycles. The van der Waals surface area contributed by atoms with Gasteiger partial charge >= 0.3 is 0 Å². The number of anilines is 6. The van der Waals surface area contributed by atoms with Crippen LogP contribution in [0.15, 0.2) is 46.5 Å². The van der Waals surface area contributed by atoms with E-state index < -0.39 is 41.6 Å². The van der Waals surface area contributed by atoms with Crippen LogP contribution in [0.2, 0.25) is 0 Å². The number of hydrogen-bond donors (Lipinski definition) is 6. The minimum Gasteiger partial charge on any atom is -0.384 e. The maximum atomic E-state index is 13.7. The lowest BCUT2D eigenvalue weighted by atomic mass is 9.86. The Morgan fingerprint density at radius 1 is 0.686 bits per heavy atom. The van der Waals surface area contributed by atoms with E-state index in [4.69, 9.17) is 11.5 Å². The van der Waals surface area contributed by atoms with Crippen LogP contribution in [0.25, 0.3) is 0 Å². The minimum absolute atomic E-state index is 0.0119. The van der Waals surface area contributed by atoms with Crippen LogP contribution in [0.3, 0.4) is 0 Å². The van der Waals surface area contributed by atoms with Gasteiger partial charge in [-0.3, -0.25) is 28.3 Å². The van der Waals surface area contributed by atoms with Crippen LogP contribution in [0.4, 0.5) is 43.4 Å². The molecule has 1 spiro atoms. The van der Waals surface area contributed by atoms with Gasteiger partial charge in [-0.25, -0.2) is 28.7 Å². The van der Waals surface area contributed by atoms with Crippen LogP contribution < -0.4 is 43.9 Å². The Hall–Kier alpha value is -5.94. The first-order valence-electron chi connectivity index (χ1n) is 16.3. The highest BCUT2D eigenvalue weighted by Gasteiger charge is 2.51. The summed E-state index contributed by atoms with van der Waals surface area (Å²) in [6, 6.07) is 6.17. The molecule has 270 valence electrons.